The number of primary amides is 1. The summed E-state index contributed by atoms with van der Waals surface area (Å²) in [5, 5.41) is 32.5. The van der Waals surface area contributed by atoms with E-state index in [0.29, 0.717) is 0 Å². The number of carbonyl (C=O) groups is 5. The van der Waals surface area contributed by atoms with Gasteiger partial charge in [-0.25, -0.2) is 0 Å². The maximum Gasteiger partial charge on any atom is 0.235 e. The van der Waals surface area contributed by atoms with E-state index in [1.165, 1.54) is 6.92 Å². The molecule has 3 aliphatic rings. The Morgan fingerprint density at radius 1 is 1.12 bits per heavy atom. The molecule has 11 nitrogen and oxygen atoms in total. The number of amides is 1. The SMILES string of the molecule is C[C@@H]1c2c(N)c(Cl)c(N)c(O)c2C(=O)C2C(=O)[C@]3(O)C(=O)C(C(N)=O)C(=O)C[C@@H]3[C@H](O)[C@@H]21. The number of aliphatic hydroxyl groups excluding tert-OH is 1. The highest BCUT2D eigenvalue weighted by atomic mass is 35.5. The van der Waals surface area contributed by atoms with Gasteiger partial charge < -0.3 is 32.5 Å². The van der Waals surface area contributed by atoms with Gasteiger partial charge in [0.25, 0.3) is 0 Å². The Hall–Kier alpha value is -3.02. The van der Waals surface area contributed by atoms with Gasteiger partial charge in [0.1, 0.15) is 0 Å². The first-order valence-corrected chi connectivity index (χ1v) is 10.1. The average molecular weight is 466 g/mol. The number of ketones is 4. The van der Waals surface area contributed by atoms with Gasteiger partial charge in [-0.05, 0) is 11.5 Å². The third-order valence-corrected chi connectivity index (χ3v) is 7.54. The molecule has 0 aliphatic heterocycles. The Labute approximate surface area is 185 Å². The molecule has 2 fully saturated rings. The fourth-order valence-electron chi connectivity index (χ4n) is 5.58. The predicted molar refractivity (Wildman–Crippen MR) is 108 cm³/mol. The number of hydrogen-bond acceptors (Lipinski definition) is 10. The zero-order chi connectivity index (χ0) is 24.0. The first-order valence-electron chi connectivity index (χ1n) is 9.72. The van der Waals surface area contributed by atoms with Crippen LogP contribution in [0, 0.1) is 23.7 Å². The summed E-state index contributed by atoms with van der Waals surface area (Å²) in [5.74, 6) is -14.3. The molecule has 0 spiro atoms. The van der Waals surface area contributed by atoms with Crippen LogP contribution in [0.2, 0.25) is 5.02 Å². The van der Waals surface area contributed by atoms with E-state index in [9.17, 15) is 39.3 Å². The number of phenolic OH excluding ortho intramolecular Hbond substituents is 1. The third-order valence-electron chi connectivity index (χ3n) is 7.14. The molecule has 32 heavy (non-hydrogen) atoms. The van der Waals surface area contributed by atoms with E-state index in [-0.39, 0.29) is 16.3 Å². The number of nitrogen functional groups attached to an aromatic ring is 2. The Kier molecular flexibility index (Phi) is 4.67. The van der Waals surface area contributed by atoms with Crippen molar-refractivity contribution >= 4 is 52.0 Å². The van der Waals surface area contributed by atoms with Crippen LogP contribution in [0.1, 0.15) is 35.2 Å². The Morgan fingerprint density at radius 3 is 2.28 bits per heavy atom. The van der Waals surface area contributed by atoms with Crippen LogP contribution in [0.4, 0.5) is 11.4 Å². The van der Waals surface area contributed by atoms with Crippen molar-refractivity contribution < 1.29 is 39.3 Å². The number of anilines is 2. The Bertz CT molecular complexity index is 1150. The van der Waals surface area contributed by atoms with E-state index in [4.69, 9.17) is 28.8 Å². The lowest BCUT2D eigenvalue weighted by molar-refractivity contribution is -0.189. The smallest absolute Gasteiger partial charge is 0.235 e. The minimum absolute atomic E-state index is 0.0636. The number of nitrogens with two attached hydrogens (primary N) is 3. The van der Waals surface area contributed by atoms with Crippen LogP contribution in [0.3, 0.4) is 0 Å². The lowest BCUT2D eigenvalue weighted by Gasteiger charge is -2.53. The fraction of sp³-hybridized carbons (Fsp3) is 0.450. The standard InChI is InChI=1S/C20H20ClN3O8/c1-3-6-9(16(28)13(23)11(21)12(6)22)15(27)10-7(3)14(26)4-2-5(25)8(19(24)31)17(29)20(4,32)18(10)30/h3-4,7-8,10,14,26,28,32H,2,22-23H2,1H3,(H2,24,31)/t3-,4-,7-,8?,10?,14+,20-/m1/s1. The molecule has 2 saturated carbocycles. The van der Waals surface area contributed by atoms with Gasteiger partial charge in [0.2, 0.25) is 5.91 Å². The molecule has 7 atom stereocenters. The molecule has 0 heterocycles. The molecule has 1 aromatic carbocycles. The van der Waals surface area contributed by atoms with Crippen LogP contribution in [0.15, 0.2) is 0 Å². The molecular formula is C20H20ClN3O8. The summed E-state index contributed by atoms with van der Waals surface area (Å²) in [7, 11) is 0. The number of aliphatic hydroxyl groups is 2. The van der Waals surface area contributed by atoms with Crippen molar-refractivity contribution in [3.05, 3.63) is 16.1 Å². The molecule has 2 unspecified atom stereocenters. The first kappa shape index (κ1) is 22.2. The van der Waals surface area contributed by atoms with Gasteiger partial charge in [-0.3, -0.25) is 24.0 Å². The number of aromatic hydroxyl groups is 1. The molecule has 3 aliphatic carbocycles. The zero-order valence-corrected chi connectivity index (χ0v) is 17.4. The fourth-order valence-corrected chi connectivity index (χ4v) is 5.77. The van der Waals surface area contributed by atoms with E-state index < -0.39 is 93.8 Å². The number of carbonyl (C=O) groups excluding carboxylic acids is 5. The monoisotopic (exact) mass is 465 g/mol. The summed E-state index contributed by atoms with van der Waals surface area (Å²) in [6, 6.07) is 0. The molecule has 0 radical (unpaired) electrons. The molecule has 0 aromatic heterocycles. The topological polar surface area (TPSA) is 224 Å². The quantitative estimate of drug-likeness (QED) is 0.124. The largest absolute Gasteiger partial charge is 0.505 e. The second-order valence-corrected chi connectivity index (χ2v) is 8.96. The van der Waals surface area contributed by atoms with Crippen molar-refractivity contribution in [3.63, 3.8) is 0 Å². The summed E-state index contributed by atoms with van der Waals surface area (Å²) < 4.78 is 0. The average Bonchev–Trinajstić information content (AvgIpc) is 2.72. The minimum atomic E-state index is -2.99. The summed E-state index contributed by atoms with van der Waals surface area (Å²) in [6.07, 6.45) is -2.36. The summed E-state index contributed by atoms with van der Waals surface area (Å²) in [4.78, 5) is 63.7. The van der Waals surface area contributed by atoms with Gasteiger partial charge in [0.15, 0.2) is 40.4 Å². The second-order valence-electron chi connectivity index (χ2n) is 8.58. The van der Waals surface area contributed by atoms with Crippen LogP contribution in [-0.2, 0) is 19.2 Å². The van der Waals surface area contributed by atoms with Crippen LogP contribution in [0.25, 0.3) is 0 Å². The lowest BCUT2D eigenvalue weighted by atomic mass is 9.50. The molecule has 1 aromatic rings. The number of rotatable bonds is 1. The Morgan fingerprint density at radius 2 is 1.72 bits per heavy atom. The maximum absolute atomic E-state index is 13.4. The van der Waals surface area contributed by atoms with Gasteiger partial charge in [0.05, 0.1) is 34.0 Å². The van der Waals surface area contributed by atoms with E-state index in [2.05, 4.69) is 0 Å². The van der Waals surface area contributed by atoms with Crippen molar-refractivity contribution in [2.75, 3.05) is 11.5 Å². The Balaban J connectivity index is 1.95. The van der Waals surface area contributed by atoms with Crippen molar-refractivity contribution in [1.82, 2.24) is 0 Å². The maximum atomic E-state index is 13.4. The normalized spacial score (nSPS) is 36.4. The van der Waals surface area contributed by atoms with E-state index >= 15 is 0 Å². The molecule has 170 valence electrons. The van der Waals surface area contributed by atoms with Crippen molar-refractivity contribution in [2.45, 2.75) is 31.0 Å². The van der Waals surface area contributed by atoms with Crippen molar-refractivity contribution in [1.29, 1.82) is 0 Å². The van der Waals surface area contributed by atoms with E-state index in [0.717, 1.165) is 0 Å². The lowest BCUT2D eigenvalue weighted by Crippen LogP contribution is -2.72. The van der Waals surface area contributed by atoms with E-state index in [1.54, 1.807) is 0 Å². The summed E-state index contributed by atoms with van der Waals surface area (Å²) in [6.45, 7) is 1.52. The van der Waals surface area contributed by atoms with Crippen molar-refractivity contribution in [3.8, 4) is 5.75 Å². The number of fused-ring (bicyclic) bond motifs is 3. The zero-order valence-electron chi connectivity index (χ0n) is 16.7. The number of benzene rings is 1. The number of Topliss-reactive ketones (excluding diaryl/α,β-unsaturated/α-hetero) is 4. The number of halogens is 1. The number of phenols is 1. The van der Waals surface area contributed by atoms with Crippen LogP contribution >= 0.6 is 11.6 Å². The molecule has 4 rings (SSSR count). The second kappa shape index (κ2) is 6.74. The van der Waals surface area contributed by atoms with Crippen LogP contribution in [-0.4, -0.2) is 56.1 Å². The summed E-state index contributed by atoms with van der Waals surface area (Å²) >= 11 is 6.07. The highest BCUT2D eigenvalue weighted by molar-refractivity contribution is 6.37. The van der Waals surface area contributed by atoms with Crippen molar-refractivity contribution in [2.24, 2.45) is 29.4 Å². The summed E-state index contributed by atoms with van der Waals surface area (Å²) in [5.41, 5.74) is 13.0. The molecule has 9 N–H and O–H groups in total. The molecule has 0 saturated heterocycles. The molecule has 12 heteroatoms. The van der Waals surface area contributed by atoms with E-state index in [1.807, 2.05) is 0 Å². The minimum Gasteiger partial charge on any atom is -0.505 e. The van der Waals surface area contributed by atoms with Gasteiger partial charge in [0, 0.05) is 18.3 Å². The predicted octanol–water partition coefficient (Wildman–Crippen LogP) is -1.32. The first-order chi connectivity index (χ1) is 14.8. The third kappa shape index (κ3) is 2.41. The highest BCUT2D eigenvalue weighted by Crippen LogP contribution is 2.56. The molecule has 1 amide bonds. The van der Waals surface area contributed by atoms with Crippen LogP contribution in [0.5, 0.6) is 5.75 Å². The molecule has 0 bridgehead atoms. The highest BCUT2D eigenvalue weighted by Gasteiger charge is 2.70. The number of hydrogen-bond donors (Lipinski definition) is 6. The van der Waals surface area contributed by atoms with Gasteiger partial charge in [-0.15, -0.1) is 0 Å². The van der Waals surface area contributed by atoms with Gasteiger partial charge in [-0.1, -0.05) is 18.5 Å². The molecular weight excluding hydrogens is 446 g/mol. The van der Waals surface area contributed by atoms with Gasteiger partial charge >= 0.3 is 0 Å². The van der Waals surface area contributed by atoms with Gasteiger partial charge in [-0.2, -0.15) is 0 Å². The van der Waals surface area contributed by atoms with Crippen LogP contribution < -0.4 is 17.2 Å².